The van der Waals surface area contributed by atoms with Gasteiger partial charge in [-0.15, -0.1) is 0 Å². The third-order valence-electron chi connectivity index (χ3n) is 4.85. The van der Waals surface area contributed by atoms with Gasteiger partial charge in [0.05, 0.1) is 6.04 Å². The second kappa shape index (κ2) is 6.66. The summed E-state index contributed by atoms with van der Waals surface area (Å²) in [5.41, 5.74) is 0.894. The Labute approximate surface area is 146 Å². The number of likely N-dealkylation sites (tertiary alicyclic amines) is 1. The molecule has 0 bridgehead atoms. The number of benzene rings is 1. The zero-order valence-electron chi connectivity index (χ0n) is 13.9. The van der Waals surface area contributed by atoms with Gasteiger partial charge in [-0.1, -0.05) is 6.07 Å². The Morgan fingerprint density at radius 3 is 2.96 bits per heavy atom. The van der Waals surface area contributed by atoms with E-state index in [0.717, 1.165) is 37.2 Å². The average molecular weight is 343 g/mol. The summed E-state index contributed by atoms with van der Waals surface area (Å²) in [7, 11) is 0. The van der Waals surface area contributed by atoms with Gasteiger partial charge >= 0.3 is 6.03 Å². The van der Waals surface area contributed by atoms with Gasteiger partial charge in [-0.05, 0) is 36.6 Å². The summed E-state index contributed by atoms with van der Waals surface area (Å²) in [5, 5.41) is 2.83. The highest BCUT2D eigenvalue weighted by molar-refractivity contribution is 5.92. The van der Waals surface area contributed by atoms with E-state index in [4.69, 9.17) is 9.47 Å². The molecule has 0 aromatic heterocycles. The normalized spacial score (nSPS) is 22.6. The van der Waals surface area contributed by atoms with Gasteiger partial charge in [-0.25, -0.2) is 4.79 Å². The largest absolute Gasteiger partial charge is 0.454 e. The minimum absolute atomic E-state index is 0.0183. The Balaban J connectivity index is 1.39. The van der Waals surface area contributed by atoms with Crippen LogP contribution in [0.15, 0.2) is 24.3 Å². The predicted molar refractivity (Wildman–Crippen MR) is 91.3 cm³/mol. The first-order valence-electron chi connectivity index (χ1n) is 8.62. The number of hydrogen-bond donors (Lipinski definition) is 1. The number of fused-ring (bicyclic) bond motifs is 1. The van der Waals surface area contributed by atoms with Crippen LogP contribution in [0.4, 0.5) is 4.79 Å². The van der Waals surface area contributed by atoms with E-state index in [2.05, 4.69) is 5.32 Å². The molecule has 1 atom stereocenters. The van der Waals surface area contributed by atoms with Crippen LogP contribution < -0.4 is 14.8 Å². The third-order valence-corrected chi connectivity index (χ3v) is 4.85. The Hall–Kier alpha value is -2.70. The molecule has 1 aromatic rings. The van der Waals surface area contributed by atoms with Crippen molar-refractivity contribution in [3.05, 3.63) is 29.8 Å². The lowest BCUT2D eigenvalue weighted by molar-refractivity contribution is -0.127. The van der Waals surface area contributed by atoms with E-state index in [1.165, 1.54) is 0 Å². The van der Waals surface area contributed by atoms with Gasteiger partial charge in [-0.2, -0.15) is 0 Å². The molecule has 1 N–H and O–H groups in total. The SMILES string of the molecule is O=C(/C=C/c1ccc2c(c1)OCO2)N1CCCC(N2CCNC2=O)C1. The Morgan fingerprint density at radius 2 is 2.12 bits per heavy atom. The van der Waals surface area contributed by atoms with Crippen molar-refractivity contribution in [1.82, 2.24) is 15.1 Å². The van der Waals surface area contributed by atoms with Crippen molar-refractivity contribution in [2.75, 3.05) is 33.0 Å². The fraction of sp³-hybridized carbons (Fsp3) is 0.444. The zero-order valence-corrected chi connectivity index (χ0v) is 13.9. The molecule has 0 spiro atoms. The molecule has 3 heterocycles. The molecule has 2 saturated heterocycles. The lowest BCUT2D eigenvalue weighted by atomic mass is 10.0. The zero-order chi connectivity index (χ0) is 17.2. The van der Waals surface area contributed by atoms with Crippen LogP contribution in [-0.4, -0.2) is 60.8 Å². The maximum atomic E-state index is 12.5. The van der Waals surface area contributed by atoms with Crippen LogP contribution in [0, 0.1) is 0 Å². The summed E-state index contributed by atoms with van der Waals surface area (Å²) in [6.07, 6.45) is 5.24. The summed E-state index contributed by atoms with van der Waals surface area (Å²) in [6, 6.07) is 5.69. The molecule has 7 heteroatoms. The first-order chi connectivity index (χ1) is 12.2. The van der Waals surface area contributed by atoms with Gasteiger partial charge in [0.2, 0.25) is 12.7 Å². The van der Waals surface area contributed by atoms with E-state index in [-0.39, 0.29) is 24.8 Å². The molecule has 1 unspecified atom stereocenters. The Morgan fingerprint density at radius 1 is 1.24 bits per heavy atom. The van der Waals surface area contributed by atoms with Crippen LogP contribution >= 0.6 is 0 Å². The molecule has 1 aromatic carbocycles. The molecule has 3 amide bonds. The molecule has 0 radical (unpaired) electrons. The fourth-order valence-corrected chi connectivity index (χ4v) is 3.53. The van der Waals surface area contributed by atoms with Crippen molar-refractivity contribution < 1.29 is 19.1 Å². The molecule has 132 valence electrons. The predicted octanol–water partition coefficient (Wildman–Crippen LogP) is 1.44. The van der Waals surface area contributed by atoms with Crippen LogP contribution in [-0.2, 0) is 4.79 Å². The number of hydrogen-bond acceptors (Lipinski definition) is 4. The highest BCUT2D eigenvalue weighted by atomic mass is 16.7. The maximum Gasteiger partial charge on any atom is 0.317 e. The van der Waals surface area contributed by atoms with Crippen molar-refractivity contribution in [2.45, 2.75) is 18.9 Å². The summed E-state index contributed by atoms with van der Waals surface area (Å²) < 4.78 is 10.6. The number of ether oxygens (including phenoxy) is 2. The first kappa shape index (κ1) is 15.8. The lowest BCUT2D eigenvalue weighted by Crippen LogP contribution is -2.50. The van der Waals surface area contributed by atoms with E-state index >= 15 is 0 Å². The minimum Gasteiger partial charge on any atom is -0.454 e. The number of carbonyl (C=O) groups is 2. The number of amides is 3. The lowest BCUT2D eigenvalue weighted by Gasteiger charge is -2.36. The van der Waals surface area contributed by atoms with Gasteiger partial charge in [0.25, 0.3) is 0 Å². The Bertz CT molecular complexity index is 718. The molecule has 0 aliphatic carbocycles. The first-order valence-corrected chi connectivity index (χ1v) is 8.62. The minimum atomic E-state index is -0.0260. The molecule has 25 heavy (non-hydrogen) atoms. The van der Waals surface area contributed by atoms with Crippen molar-refractivity contribution in [3.63, 3.8) is 0 Å². The maximum absolute atomic E-state index is 12.5. The second-order valence-electron chi connectivity index (χ2n) is 6.45. The van der Waals surface area contributed by atoms with Crippen molar-refractivity contribution in [2.24, 2.45) is 0 Å². The fourth-order valence-electron chi connectivity index (χ4n) is 3.53. The van der Waals surface area contributed by atoms with Crippen LogP contribution in [0.2, 0.25) is 0 Å². The number of piperidine rings is 1. The van der Waals surface area contributed by atoms with Gasteiger partial charge in [0, 0.05) is 32.3 Å². The van der Waals surface area contributed by atoms with Gasteiger partial charge in [0.15, 0.2) is 11.5 Å². The van der Waals surface area contributed by atoms with E-state index in [1.807, 2.05) is 28.0 Å². The third kappa shape index (κ3) is 3.26. The summed E-state index contributed by atoms with van der Waals surface area (Å²) >= 11 is 0. The molecule has 3 aliphatic rings. The highest BCUT2D eigenvalue weighted by Gasteiger charge is 2.32. The smallest absolute Gasteiger partial charge is 0.317 e. The highest BCUT2D eigenvalue weighted by Crippen LogP contribution is 2.32. The topological polar surface area (TPSA) is 71.1 Å². The van der Waals surface area contributed by atoms with Crippen molar-refractivity contribution in [3.8, 4) is 11.5 Å². The number of nitrogens with zero attached hydrogens (tertiary/aromatic N) is 2. The number of rotatable bonds is 3. The molecule has 2 fully saturated rings. The molecule has 0 saturated carbocycles. The Kier molecular flexibility index (Phi) is 4.21. The summed E-state index contributed by atoms with van der Waals surface area (Å²) in [4.78, 5) is 28.0. The molecule has 3 aliphatic heterocycles. The van der Waals surface area contributed by atoms with E-state index in [9.17, 15) is 9.59 Å². The van der Waals surface area contributed by atoms with Gasteiger partial charge in [0.1, 0.15) is 0 Å². The summed E-state index contributed by atoms with van der Waals surface area (Å²) in [5.74, 6) is 1.40. The van der Waals surface area contributed by atoms with Gasteiger partial charge in [-0.3, -0.25) is 4.79 Å². The van der Waals surface area contributed by atoms with Gasteiger partial charge < -0.3 is 24.6 Å². The van der Waals surface area contributed by atoms with E-state index in [0.29, 0.717) is 18.8 Å². The average Bonchev–Trinajstić information content (AvgIpc) is 3.27. The monoisotopic (exact) mass is 343 g/mol. The van der Waals surface area contributed by atoms with Crippen molar-refractivity contribution >= 4 is 18.0 Å². The number of carbonyl (C=O) groups excluding carboxylic acids is 2. The van der Waals surface area contributed by atoms with Crippen molar-refractivity contribution in [1.29, 1.82) is 0 Å². The molecule has 4 rings (SSSR count). The number of urea groups is 1. The van der Waals surface area contributed by atoms with Crippen LogP contribution in [0.5, 0.6) is 11.5 Å². The van der Waals surface area contributed by atoms with Crippen LogP contribution in [0.25, 0.3) is 6.08 Å². The second-order valence-corrected chi connectivity index (χ2v) is 6.45. The van der Waals surface area contributed by atoms with E-state index < -0.39 is 0 Å². The molecular formula is C18H21N3O4. The van der Waals surface area contributed by atoms with E-state index in [1.54, 1.807) is 12.2 Å². The number of nitrogens with one attached hydrogen (secondary N) is 1. The standard InChI is InChI=1S/C18H21N3O4/c22-17(6-4-13-3-5-15-16(10-13)25-12-24-15)20-8-1-2-14(11-20)21-9-7-19-18(21)23/h3-6,10,14H,1-2,7-9,11-12H2,(H,19,23)/b6-4+. The molecular weight excluding hydrogens is 322 g/mol. The molecule has 7 nitrogen and oxygen atoms in total. The quantitative estimate of drug-likeness (QED) is 0.843. The van der Waals surface area contributed by atoms with Crippen LogP contribution in [0.1, 0.15) is 18.4 Å². The summed E-state index contributed by atoms with van der Waals surface area (Å²) in [6.45, 7) is 2.97. The van der Waals surface area contributed by atoms with Crippen LogP contribution in [0.3, 0.4) is 0 Å².